The number of benzene rings is 2. The van der Waals surface area contributed by atoms with Crippen molar-refractivity contribution in [2.45, 2.75) is 25.8 Å². The van der Waals surface area contributed by atoms with E-state index in [0.717, 1.165) is 6.42 Å². The fraction of sp³-hybridized carbons (Fsp3) is 0.250. The molecule has 0 saturated heterocycles. The zero-order valence-corrected chi connectivity index (χ0v) is 11.3. The third kappa shape index (κ3) is 2.59. The minimum absolute atomic E-state index is 0.152. The monoisotopic (exact) mass is 275 g/mol. The Bertz CT molecular complexity index is 610. The standard InChI is InChI=1S/C16H15ClFN/c17-14-5-2-6-15(16(14)18)19-10-11-7-8-12-3-1-4-13(12)9-11/h2,5-9,19H,1,3-4,10H2. The van der Waals surface area contributed by atoms with Crippen LogP contribution >= 0.6 is 11.6 Å². The first-order valence-corrected chi connectivity index (χ1v) is 6.90. The van der Waals surface area contributed by atoms with Crippen molar-refractivity contribution in [1.29, 1.82) is 0 Å². The Hall–Kier alpha value is -1.54. The highest BCUT2D eigenvalue weighted by Gasteiger charge is 2.11. The van der Waals surface area contributed by atoms with Crippen LogP contribution in [0.1, 0.15) is 23.1 Å². The maximum absolute atomic E-state index is 13.7. The van der Waals surface area contributed by atoms with E-state index in [1.165, 1.54) is 29.5 Å². The summed E-state index contributed by atoms with van der Waals surface area (Å²) in [5.74, 6) is -0.384. The molecule has 2 aromatic carbocycles. The summed E-state index contributed by atoms with van der Waals surface area (Å²) in [5, 5.41) is 3.25. The molecule has 1 N–H and O–H groups in total. The normalized spacial score (nSPS) is 13.4. The number of hydrogen-bond donors (Lipinski definition) is 1. The zero-order chi connectivity index (χ0) is 13.2. The molecule has 0 heterocycles. The lowest BCUT2D eigenvalue weighted by Crippen LogP contribution is -2.02. The Balaban J connectivity index is 1.74. The fourth-order valence-corrected chi connectivity index (χ4v) is 2.75. The highest BCUT2D eigenvalue weighted by Crippen LogP contribution is 2.25. The van der Waals surface area contributed by atoms with Gasteiger partial charge in [0, 0.05) is 6.54 Å². The van der Waals surface area contributed by atoms with Crippen LogP contribution < -0.4 is 5.32 Å². The van der Waals surface area contributed by atoms with Gasteiger partial charge in [-0.05, 0) is 48.1 Å². The number of nitrogens with one attached hydrogen (secondary N) is 1. The minimum Gasteiger partial charge on any atom is -0.379 e. The third-order valence-electron chi connectivity index (χ3n) is 3.60. The van der Waals surface area contributed by atoms with Crippen LogP contribution in [0.2, 0.25) is 5.02 Å². The van der Waals surface area contributed by atoms with Crippen LogP contribution in [0.4, 0.5) is 10.1 Å². The first-order chi connectivity index (χ1) is 9.24. The SMILES string of the molecule is Fc1c(Cl)cccc1NCc1ccc2c(c1)CCC2. The predicted octanol–water partition coefficient (Wildman–Crippen LogP) is 4.58. The van der Waals surface area contributed by atoms with E-state index >= 15 is 0 Å². The van der Waals surface area contributed by atoms with Crippen LogP contribution in [0.5, 0.6) is 0 Å². The maximum Gasteiger partial charge on any atom is 0.164 e. The van der Waals surface area contributed by atoms with Crippen molar-refractivity contribution in [2.75, 3.05) is 5.32 Å². The van der Waals surface area contributed by atoms with Crippen molar-refractivity contribution in [3.8, 4) is 0 Å². The summed E-state index contributed by atoms with van der Waals surface area (Å²) >= 11 is 5.76. The van der Waals surface area contributed by atoms with Gasteiger partial charge in [0.2, 0.25) is 0 Å². The van der Waals surface area contributed by atoms with Crippen LogP contribution in [-0.4, -0.2) is 0 Å². The van der Waals surface area contributed by atoms with Gasteiger partial charge in [0.1, 0.15) is 0 Å². The molecule has 0 atom stereocenters. The summed E-state index contributed by atoms with van der Waals surface area (Å²) in [6.45, 7) is 0.616. The van der Waals surface area contributed by atoms with E-state index in [-0.39, 0.29) is 10.8 Å². The average molecular weight is 276 g/mol. The first kappa shape index (κ1) is 12.5. The molecular weight excluding hydrogens is 261 g/mol. The summed E-state index contributed by atoms with van der Waals surface area (Å²) in [5.41, 5.74) is 4.52. The number of anilines is 1. The minimum atomic E-state index is -0.384. The van der Waals surface area contributed by atoms with E-state index in [1.54, 1.807) is 18.2 Å². The number of fused-ring (bicyclic) bond motifs is 1. The van der Waals surface area contributed by atoms with Gasteiger partial charge in [0.25, 0.3) is 0 Å². The van der Waals surface area contributed by atoms with E-state index in [0.29, 0.717) is 12.2 Å². The molecule has 19 heavy (non-hydrogen) atoms. The largest absolute Gasteiger partial charge is 0.379 e. The van der Waals surface area contributed by atoms with E-state index in [2.05, 4.69) is 23.5 Å². The molecule has 0 bridgehead atoms. The van der Waals surface area contributed by atoms with Crippen molar-refractivity contribution >= 4 is 17.3 Å². The molecule has 0 aliphatic heterocycles. The van der Waals surface area contributed by atoms with Gasteiger partial charge in [-0.25, -0.2) is 4.39 Å². The molecule has 1 nitrogen and oxygen atoms in total. The van der Waals surface area contributed by atoms with Crippen molar-refractivity contribution in [1.82, 2.24) is 0 Å². The second-order valence-corrected chi connectivity index (χ2v) is 5.32. The van der Waals surface area contributed by atoms with Gasteiger partial charge in [-0.1, -0.05) is 35.9 Å². The van der Waals surface area contributed by atoms with E-state index in [4.69, 9.17) is 11.6 Å². The highest BCUT2D eigenvalue weighted by molar-refractivity contribution is 6.31. The van der Waals surface area contributed by atoms with Gasteiger partial charge in [0.15, 0.2) is 5.82 Å². The van der Waals surface area contributed by atoms with Gasteiger partial charge in [-0.2, -0.15) is 0 Å². The Labute approximate surface area is 117 Å². The van der Waals surface area contributed by atoms with Crippen molar-refractivity contribution in [2.24, 2.45) is 0 Å². The quantitative estimate of drug-likeness (QED) is 0.864. The summed E-state index contributed by atoms with van der Waals surface area (Å²) in [6.07, 6.45) is 3.59. The summed E-state index contributed by atoms with van der Waals surface area (Å²) in [4.78, 5) is 0. The molecule has 0 amide bonds. The van der Waals surface area contributed by atoms with Crippen LogP contribution in [0.15, 0.2) is 36.4 Å². The van der Waals surface area contributed by atoms with Gasteiger partial charge in [0.05, 0.1) is 10.7 Å². The molecule has 0 fully saturated rings. The topological polar surface area (TPSA) is 12.0 Å². The van der Waals surface area contributed by atoms with Gasteiger partial charge < -0.3 is 5.32 Å². The van der Waals surface area contributed by atoms with E-state index < -0.39 is 0 Å². The maximum atomic E-state index is 13.7. The Morgan fingerprint density at radius 1 is 1.11 bits per heavy atom. The Morgan fingerprint density at radius 3 is 2.84 bits per heavy atom. The lowest BCUT2D eigenvalue weighted by atomic mass is 10.1. The van der Waals surface area contributed by atoms with Crippen molar-refractivity contribution < 1.29 is 4.39 Å². The fourth-order valence-electron chi connectivity index (χ4n) is 2.57. The molecule has 0 aromatic heterocycles. The smallest absolute Gasteiger partial charge is 0.164 e. The second kappa shape index (κ2) is 5.22. The molecule has 0 spiro atoms. The Morgan fingerprint density at radius 2 is 1.95 bits per heavy atom. The molecule has 1 aliphatic rings. The average Bonchev–Trinajstić information content (AvgIpc) is 2.88. The highest BCUT2D eigenvalue weighted by atomic mass is 35.5. The third-order valence-corrected chi connectivity index (χ3v) is 3.89. The molecule has 2 aromatic rings. The first-order valence-electron chi connectivity index (χ1n) is 6.52. The molecule has 1 aliphatic carbocycles. The lowest BCUT2D eigenvalue weighted by molar-refractivity contribution is 0.630. The zero-order valence-electron chi connectivity index (χ0n) is 10.5. The molecule has 3 heteroatoms. The number of halogens is 2. The summed E-state index contributed by atoms with van der Waals surface area (Å²) in [7, 11) is 0. The summed E-state index contributed by atoms with van der Waals surface area (Å²) in [6, 6.07) is 11.5. The summed E-state index contributed by atoms with van der Waals surface area (Å²) < 4.78 is 13.7. The molecular formula is C16H15ClFN. The van der Waals surface area contributed by atoms with Crippen LogP contribution in [-0.2, 0) is 19.4 Å². The Kier molecular flexibility index (Phi) is 3.43. The van der Waals surface area contributed by atoms with Crippen LogP contribution in [0.3, 0.4) is 0 Å². The second-order valence-electron chi connectivity index (χ2n) is 4.91. The van der Waals surface area contributed by atoms with Gasteiger partial charge in [-0.15, -0.1) is 0 Å². The van der Waals surface area contributed by atoms with Crippen molar-refractivity contribution in [3.05, 3.63) is 63.9 Å². The van der Waals surface area contributed by atoms with E-state index in [1.807, 2.05) is 0 Å². The van der Waals surface area contributed by atoms with Crippen LogP contribution in [0.25, 0.3) is 0 Å². The molecule has 98 valence electrons. The van der Waals surface area contributed by atoms with Crippen molar-refractivity contribution in [3.63, 3.8) is 0 Å². The molecule has 0 radical (unpaired) electrons. The number of hydrogen-bond acceptors (Lipinski definition) is 1. The predicted molar refractivity (Wildman–Crippen MR) is 77.2 cm³/mol. The van der Waals surface area contributed by atoms with Crippen LogP contribution in [0, 0.1) is 5.82 Å². The lowest BCUT2D eigenvalue weighted by Gasteiger charge is -2.09. The molecule has 0 saturated carbocycles. The molecule has 3 rings (SSSR count). The molecule has 0 unspecified atom stereocenters. The van der Waals surface area contributed by atoms with Gasteiger partial charge in [-0.3, -0.25) is 0 Å². The number of rotatable bonds is 3. The van der Waals surface area contributed by atoms with E-state index in [9.17, 15) is 4.39 Å². The van der Waals surface area contributed by atoms with Gasteiger partial charge >= 0.3 is 0 Å². The number of aryl methyl sites for hydroxylation is 2.